The fourth-order valence-corrected chi connectivity index (χ4v) is 1.46. The normalized spacial score (nSPS) is 11.4. The van der Waals surface area contributed by atoms with Crippen molar-refractivity contribution in [3.63, 3.8) is 0 Å². The largest absolute Gasteiger partial charge is 0.490 e. The molecule has 0 fully saturated rings. The number of hydrogen-bond donors (Lipinski definition) is 1. The van der Waals surface area contributed by atoms with Gasteiger partial charge in [0, 0.05) is 0 Å². The van der Waals surface area contributed by atoms with Crippen molar-refractivity contribution >= 4 is 5.97 Å². The van der Waals surface area contributed by atoms with Crippen molar-refractivity contribution in [1.82, 2.24) is 0 Å². The third kappa shape index (κ3) is 5.40. The van der Waals surface area contributed by atoms with Crippen molar-refractivity contribution in [2.45, 2.75) is 12.5 Å². The van der Waals surface area contributed by atoms with Crippen LogP contribution in [0.1, 0.15) is 5.56 Å². The molecular formula is C15H19NO3. The maximum atomic E-state index is 11.5. The van der Waals surface area contributed by atoms with E-state index in [0.29, 0.717) is 13.0 Å². The van der Waals surface area contributed by atoms with Gasteiger partial charge in [-0.1, -0.05) is 37.4 Å². The fourth-order valence-electron chi connectivity index (χ4n) is 1.46. The van der Waals surface area contributed by atoms with E-state index in [-0.39, 0.29) is 6.61 Å². The Bertz CT molecular complexity index is 426. The lowest BCUT2D eigenvalue weighted by Gasteiger charge is -2.11. The van der Waals surface area contributed by atoms with E-state index in [1.165, 1.54) is 6.08 Å². The topological polar surface area (TPSA) is 61.5 Å². The zero-order valence-electron chi connectivity index (χ0n) is 10.9. The molecule has 19 heavy (non-hydrogen) atoms. The number of rotatable bonds is 8. The van der Waals surface area contributed by atoms with Gasteiger partial charge >= 0.3 is 5.97 Å². The van der Waals surface area contributed by atoms with E-state index >= 15 is 0 Å². The summed E-state index contributed by atoms with van der Waals surface area (Å²) in [5.74, 6) is 0.332. The number of carbonyl (C=O) groups excluding carboxylic acids is 1. The lowest BCUT2D eigenvalue weighted by atomic mass is 10.1. The van der Waals surface area contributed by atoms with E-state index < -0.39 is 12.0 Å². The molecular weight excluding hydrogens is 242 g/mol. The maximum absolute atomic E-state index is 11.5. The van der Waals surface area contributed by atoms with Gasteiger partial charge in [-0.05, 0) is 24.1 Å². The monoisotopic (exact) mass is 261 g/mol. The van der Waals surface area contributed by atoms with Crippen LogP contribution in [0, 0.1) is 0 Å². The van der Waals surface area contributed by atoms with E-state index in [4.69, 9.17) is 15.2 Å². The zero-order chi connectivity index (χ0) is 14.1. The van der Waals surface area contributed by atoms with Crippen molar-refractivity contribution in [2.75, 3.05) is 13.2 Å². The van der Waals surface area contributed by atoms with Crippen molar-refractivity contribution in [1.29, 1.82) is 0 Å². The molecule has 4 heteroatoms. The third-order valence-corrected chi connectivity index (χ3v) is 2.39. The highest BCUT2D eigenvalue weighted by molar-refractivity contribution is 5.76. The molecule has 0 radical (unpaired) electrons. The summed E-state index contributed by atoms with van der Waals surface area (Å²) < 4.78 is 10.2. The number of carbonyl (C=O) groups is 1. The van der Waals surface area contributed by atoms with Crippen molar-refractivity contribution in [2.24, 2.45) is 5.73 Å². The maximum Gasteiger partial charge on any atom is 0.323 e. The van der Waals surface area contributed by atoms with Crippen LogP contribution in [-0.4, -0.2) is 25.2 Å². The van der Waals surface area contributed by atoms with Crippen LogP contribution in [0.5, 0.6) is 5.75 Å². The summed E-state index contributed by atoms with van der Waals surface area (Å²) >= 11 is 0. The van der Waals surface area contributed by atoms with Gasteiger partial charge in [-0.3, -0.25) is 4.79 Å². The van der Waals surface area contributed by atoms with Gasteiger partial charge in [-0.2, -0.15) is 0 Å². The van der Waals surface area contributed by atoms with Crippen LogP contribution >= 0.6 is 0 Å². The van der Waals surface area contributed by atoms with Gasteiger partial charge in [0.05, 0.1) is 0 Å². The standard InChI is InChI=1S/C15H19NO3/c1-3-9-18-13-7-5-12(6-8-13)11-14(16)15(17)19-10-4-2/h3-8,14H,1-2,9-11,16H2/t14-/m1/s1. The summed E-state index contributed by atoms with van der Waals surface area (Å²) in [5.41, 5.74) is 6.71. The van der Waals surface area contributed by atoms with Gasteiger partial charge < -0.3 is 15.2 Å². The Morgan fingerprint density at radius 2 is 1.84 bits per heavy atom. The molecule has 0 bridgehead atoms. The Morgan fingerprint density at radius 1 is 1.21 bits per heavy atom. The SMILES string of the molecule is C=CCOC(=O)[C@H](N)Cc1ccc(OCC=C)cc1. The number of ether oxygens (including phenoxy) is 2. The quantitative estimate of drug-likeness (QED) is 0.573. The summed E-state index contributed by atoms with van der Waals surface area (Å²) in [4.78, 5) is 11.5. The van der Waals surface area contributed by atoms with Gasteiger partial charge in [-0.15, -0.1) is 0 Å². The minimum atomic E-state index is -0.667. The molecule has 0 heterocycles. The van der Waals surface area contributed by atoms with Crippen LogP contribution in [-0.2, 0) is 16.0 Å². The van der Waals surface area contributed by atoms with Crippen LogP contribution < -0.4 is 10.5 Å². The minimum Gasteiger partial charge on any atom is -0.490 e. The van der Waals surface area contributed by atoms with Gasteiger partial charge in [-0.25, -0.2) is 0 Å². The second-order valence-electron chi connectivity index (χ2n) is 3.97. The first-order chi connectivity index (χ1) is 9.17. The summed E-state index contributed by atoms with van der Waals surface area (Å²) in [5, 5.41) is 0. The smallest absolute Gasteiger partial charge is 0.323 e. The van der Waals surface area contributed by atoms with Crippen molar-refractivity contribution < 1.29 is 14.3 Å². The molecule has 2 N–H and O–H groups in total. The average molecular weight is 261 g/mol. The summed E-state index contributed by atoms with van der Waals surface area (Å²) in [6.07, 6.45) is 3.62. The molecule has 0 saturated carbocycles. The first-order valence-corrected chi connectivity index (χ1v) is 6.03. The van der Waals surface area contributed by atoms with Crippen molar-refractivity contribution in [3.05, 3.63) is 55.1 Å². The van der Waals surface area contributed by atoms with E-state index in [1.807, 2.05) is 24.3 Å². The number of hydrogen-bond acceptors (Lipinski definition) is 4. The van der Waals surface area contributed by atoms with Gasteiger partial charge in [0.1, 0.15) is 25.0 Å². The predicted octanol–water partition coefficient (Wildman–Crippen LogP) is 1.85. The van der Waals surface area contributed by atoms with E-state index in [1.54, 1.807) is 6.08 Å². The van der Waals surface area contributed by atoms with E-state index in [0.717, 1.165) is 11.3 Å². The highest BCUT2D eigenvalue weighted by Gasteiger charge is 2.15. The van der Waals surface area contributed by atoms with Gasteiger partial charge in [0.15, 0.2) is 0 Å². The number of benzene rings is 1. The molecule has 0 amide bonds. The lowest BCUT2D eigenvalue weighted by molar-refractivity contribution is -0.143. The number of esters is 1. The minimum absolute atomic E-state index is 0.181. The molecule has 0 aromatic heterocycles. The Morgan fingerprint density at radius 3 is 2.42 bits per heavy atom. The summed E-state index contributed by atoms with van der Waals surface area (Å²) in [6, 6.07) is 6.75. The zero-order valence-corrected chi connectivity index (χ0v) is 10.9. The molecule has 0 aliphatic carbocycles. The molecule has 1 rings (SSSR count). The molecule has 1 aromatic carbocycles. The molecule has 1 aromatic rings. The highest BCUT2D eigenvalue weighted by atomic mass is 16.5. The second-order valence-corrected chi connectivity index (χ2v) is 3.97. The lowest BCUT2D eigenvalue weighted by Crippen LogP contribution is -2.34. The van der Waals surface area contributed by atoms with Crippen LogP contribution in [0.4, 0.5) is 0 Å². The Kier molecular flexibility index (Phi) is 6.39. The number of nitrogens with two attached hydrogens (primary N) is 1. The molecule has 0 aliphatic heterocycles. The first kappa shape index (κ1) is 15.0. The molecule has 0 unspecified atom stereocenters. The summed E-state index contributed by atoms with van der Waals surface area (Å²) in [6.45, 7) is 7.69. The van der Waals surface area contributed by atoms with Crippen LogP contribution in [0.25, 0.3) is 0 Å². The molecule has 0 spiro atoms. The Labute approximate surface area is 113 Å². The van der Waals surface area contributed by atoms with Crippen molar-refractivity contribution in [3.8, 4) is 5.75 Å². The third-order valence-electron chi connectivity index (χ3n) is 2.39. The van der Waals surface area contributed by atoms with Crippen LogP contribution in [0.2, 0.25) is 0 Å². The van der Waals surface area contributed by atoms with Crippen LogP contribution in [0.15, 0.2) is 49.6 Å². The van der Waals surface area contributed by atoms with Gasteiger partial charge in [0.25, 0.3) is 0 Å². The molecule has 1 atom stereocenters. The Balaban J connectivity index is 2.49. The molecule has 102 valence electrons. The van der Waals surface area contributed by atoms with E-state index in [2.05, 4.69) is 13.2 Å². The second kappa shape index (κ2) is 8.11. The molecule has 0 aliphatic rings. The van der Waals surface area contributed by atoms with Crippen LogP contribution in [0.3, 0.4) is 0 Å². The van der Waals surface area contributed by atoms with E-state index in [9.17, 15) is 4.79 Å². The molecule has 0 saturated heterocycles. The highest BCUT2D eigenvalue weighted by Crippen LogP contribution is 2.13. The summed E-state index contributed by atoms with van der Waals surface area (Å²) in [7, 11) is 0. The van der Waals surface area contributed by atoms with Gasteiger partial charge in [0.2, 0.25) is 0 Å². The fraction of sp³-hybridized carbons (Fsp3) is 0.267. The molecule has 4 nitrogen and oxygen atoms in total. The predicted molar refractivity (Wildman–Crippen MR) is 75.0 cm³/mol. The average Bonchev–Trinajstić information content (AvgIpc) is 2.43. The Hall–Kier alpha value is -2.07. The first-order valence-electron chi connectivity index (χ1n) is 6.03.